The Bertz CT molecular complexity index is 292. The van der Waals surface area contributed by atoms with E-state index in [1.165, 1.54) is 5.56 Å². The lowest BCUT2D eigenvalue weighted by molar-refractivity contribution is 0.0545. The van der Waals surface area contributed by atoms with Crippen molar-refractivity contribution in [2.75, 3.05) is 6.54 Å². The predicted octanol–water partition coefficient (Wildman–Crippen LogP) is 2.95. The van der Waals surface area contributed by atoms with Gasteiger partial charge in [0.15, 0.2) is 0 Å². The first-order chi connectivity index (χ1) is 7.58. The van der Waals surface area contributed by atoms with Crippen LogP contribution in [0.4, 0.5) is 0 Å². The monoisotopic (exact) mass is 225 g/mol. The second-order valence-corrected chi connectivity index (χ2v) is 4.81. The van der Waals surface area contributed by atoms with E-state index in [4.69, 9.17) is 9.15 Å². The van der Waals surface area contributed by atoms with Crippen molar-refractivity contribution in [2.45, 2.75) is 47.0 Å². The molecule has 1 N–H and O–H groups in total. The number of nitrogens with one attached hydrogen (secondary N) is 1. The van der Waals surface area contributed by atoms with Crippen LogP contribution in [0.25, 0.3) is 0 Å². The van der Waals surface area contributed by atoms with Crippen LogP contribution < -0.4 is 5.32 Å². The molecule has 0 fully saturated rings. The molecular weight excluding hydrogens is 202 g/mol. The van der Waals surface area contributed by atoms with E-state index in [9.17, 15) is 0 Å². The fourth-order valence-electron chi connectivity index (χ4n) is 1.35. The highest BCUT2D eigenvalue weighted by Crippen LogP contribution is 2.10. The summed E-state index contributed by atoms with van der Waals surface area (Å²) in [6.45, 7) is 10.9. The van der Waals surface area contributed by atoms with Crippen molar-refractivity contribution < 1.29 is 9.15 Å². The molecule has 0 saturated carbocycles. The molecule has 1 aromatic heterocycles. The highest BCUT2D eigenvalue weighted by molar-refractivity contribution is 5.12. The van der Waals surface area contributed by atoms with Gasteiger partial charge in [-0.1, -0.05) is 13.8 Å². The van der Waals surface area contributed by atoms with Gasteiger partial charge in [-0.3, -0.25) is 0 Å². The number of hydrogen-bond donors (Lipinski definition) is 1. The van der Waals surface area contributed by atoms with Gasteiger partial charge in [-0.2, -0.15) is 0 Å². The van der Waals surface area contributed by atoms with Crippen LogP contribution in [-0.4, -0.2) is 12.6 Å². The zero-order valence-electron chi connectivity index (χ0n) is 10.7. The Morgan fingerprint density at radius 2 is 2.06 bits per heavy atom. The van der Waals surface area contributed by atoms with Crippen LogP contribution in [0.1, 0.15) is 39.0 Å². The van der Waals surface area contributed by atoms with Crippen molar-refractivity contribution in [3.05, 3.63) is 23.7 Å². The summed E-state index contributed by atoms with van der Waals surface area (Å²) in [6.07, 6.45) is 2.04. The third-order valence-electron chi connectivity index (χ3n) is 2.15. The molecule has 0 aromatic carbocycles. The van der Waals surface area contributed by atoms with Crippen molar-refractivity contribution in [1.29, 1.82) is 0 Å². The minimum atomic E-state index is 0.243. The fraction of sp³-hybridized carbons (Fsp3) is 0.692. The molecular formula is C13H23NO2. The molecule has 3 nitrogen and oxygen atoms in total. The molecule has 0 aliphatic heterocycles. The third-order valence-corrected chi connectivity index (χ3v) is 2.15. The van der Waals surface area contributed by atoms with Gasteiger partial charge in [-0.15, -0.1) is 0 Å². The Balaban J connectivity index is 2.28. The van der Waals surface area contributed by atoms with Gasteiger partial charge in [-0.05, 0) is 32.4 Å². The molecule has 1 heterocycles. The second kappa shape index (κ2) is 6.71. The first kappa shape index (κ1) is 13.3. The van der Waals surface area contributed by atoms with Gasteiger partial charge in [0.25, 0.3) is 0 Å². The maximum atomic E-state index is 5.47. The SMILES string of the molecule is CC(C)CNCc1coc(COC(C)C)c1. The molecule has 0 radical (unpaired) electrons. The summed E-state index contributed by atoms with van der Waals surface area (Å²) in [5.41, 5.74) is 1.18. The molecule has 0 bridgehead atoms. The number of ether oxygens (including phenoxy) is 1. The van der Waals surface area contributed by atoms with Crippen molar-refractivity contribution >= 4 is 0 Å². The van der Waals surface area contributed by atoms with E-state index in [0.29, 0.717) is 12.5 Å². The number of rotatable bonds is 7. The maximum absolute atomic E-state index is 5.47. The molecule has 0 spiro atoms. The topological polar surface area (TPSA) is 34.4 Å². The first-order valence-electron chi connectivity index (χ1n) is 5.96. The Morgan fingerprint density at radius 3 is 2.69 bits per heavy atom. The summed E-state index contributed by atoms with van der Waals surface area (Å²) < 4.78 is 10.9. The number of furan rings is 1. The van der Waals surface area contributed by atoms with Crippen LogP contribution in [0.5, 0.6) is 0 Å². The molecule has 92 valence electrons. The van der Waals surface area contributed by atoms with Gasteiger partial charge in [0.05, 0.1) is 12.4 Å². The highest BCUT2D eigenvalue weighted by Gasteiger charge is 2.03. The summed E-state index contributed by atoms with van der Waals surface area (Å²) in [5.74, 6) is 1.57. The molecule has 0 aliphatic rings. The molecule has 0 atom stereocenters. The quantitative estimate of drug-likeness (QED) is 0.774. The Labute approximate surface area is 98.2 Å². The standard InChI is InChI=1S/C13H23NO2/c1-10(2)6-14-7-12-5-13(16-8-12)9-15-11(3)4/h5,8,10-11,14H,6-7,9H2,1-4H3. The minimum absolute atomic E-state index is 0.243. The van der Waals surface area contributed by atoms with Crippen LogP contribution in [0.2, 0.25) is 0 Å². The van der Waals surface area contributed by atoms with Crippen LogP contribution in [0.3, 0.4) is 0 Å². The predicted molar refractivity (Wildman–Crippen MR) is 65.2 cm³/mol. The largest absolute Gasteiger partial charge is 0.467 e. The van der Waals surface area contributed by atoms with Crippen LogP contribution in [0, 0.1) is 5.92 Å². The molecule has 1 aromatic rings. The van der Waals surface area contributed by atoms with E-state index in [0.717, 1.165) is 18.8 Å². The van der Waals surface area contributed by atoms with E-state index in [2.05, 4.69) is 25.2 Å². The lowest BCUT2D eigenvalue weighted by Crippen LogP contribution is -2.18. The Hall–Kier alpha value is -0.800. The Kier molecular flexibility index (Phi) is 5.56. The van der Waals surface area contributed by atoms with Gasteiger partial charge in [0.2, 0.25) is 0 Å². The summed E-state index contributed by atoms with van der Waals surface area (Å²) in [4.78, 5) is 0. The Morgan fingerprint density at radius 1 is 1.31 bits per heavy atom. The van der Waals surface area contributed by atoms with Crippen LogP contribution in [0.15, 0.2) is 16.7 Å². The summed E-state index contributed by atoms with van der Waals surface area (Å²) in [5, 5.41) is 3.38. The molecule has 1 rings (SSSR count). The van der Waals surface area contributed by atoms with Gasteiger partial charge in [0.1, 0.15) is 12.4 Å². The summed E-state index contributed by atoms with van der Waals surface area (Å²) in [6, 6.07) is 2.05. The average molecular weight is 225 g/mol. The molecule has 16 heavy (non-hydrogen) atoms. The number of hydrogen-bond acceptors (Lipinski definition) is 3. The molecule has 0 aliphatic carbocycles. The zero-order chi connectivity index (χ0) is 12.0. The van der Waals surface area contributed by atoms with Crippen molar-refractivity contribution in [3.63, 3.8) is 0 Å². The molecule has 0 saturated heterocycles. The van der Waals surface area contributed by atoms with E-state index < -0.39 is 0 Å². The van der Waals surface area contributed by atoms with E-state index in [-0.39, 0.29) is 6.10 Å². The smallest absolute Gasteiger partial charge is 0.129 e. The zero-order valence-corrected chi connectivity index (χ0v) is 10.7. The van der Waals surface area contributed by atoms with E-state index in [1.54, 1.807) is 6.26 Å². The third kappa shape index (κ3) is 5.33. The highest BCUT2D eigenvalue weighted by atomic mass is 16.5. The van der Waals surface area contributed by atoms with Gasteiger partial charge in [0, 0.05) is 12.1 Å². The van der Waals surface area contributed by atoms with Crippen molar-refractivity contribution in [1.82, 2.24) is 5.32 Å². The summed E-state index contributed by atoms with van der Waals surface area (Å²) in [7, 11) is 0. The van der Waals surface area contributed by atoms with Crippen LogP contribution >= 0.6 is 0 Å². The molecule has 0 unspecified atom stereocenters. The van der Waals surface area contributed by atoms with Crippen molar-refractivity contribution in [2.24, 2.45) is 5.92 Å². The summed E-state index contributed by atoms with van der Waals surface area (Å²) >= 11 is 0. The van der Waals surface area contributed by atoms with E-state index >= 15 is 0 Å². The second-order valence-electron chi connectivity index (χ2n) is 4.81. The minimum Gasteiger partial charge on any atom is -0.467 e. The first-order valence-corrected chi connectivity index (χ1v) is 5.96. The molecule has 0 amide bonds. The maximum Gasteiger partial charge on any atom is 0.129 e. The fourth-order valence-corrected chi connectivity index (χ4v) is 1.35. The van der Waals surface area contributed by atoms with E-state index in [1.807, 2.05) is 13.8 Å². The normalized spacial score (nSPS) is 11.6. The lowest BCUT2D eigenvalue weighted by Gasteiger charge is -2.05. The average Bonchev–Trinajstić information content (AvgIpc) is 2.62. The van der Waals surface area contributed by atoms with Gasteiger partial charge in [-0.25, -0.2) is 0 Å². The lowest BCUT2D eigenvalue weighted by atomic mass is 10.2. The molecule has 3 heteroatoms. The van der Waals surface area contributed by atoms with Gasteiger partial charge < -0.3 is 14.5 Å². The van der Waals surface area contributed by atoms with Crippen LogP contribution in [-0.2, 0) is 17.9 Å². The van der Waals surface area contributed by atoms with Crippen molar-refractivity contribution in [3.8, 4) is 0 Å². The van der Waals surface area contributed by atoms with Gasteiger partial charge >= 0.3 is 0 Å².